The third-order valence-corrected chi connectivity index (χ3v) is 14.0. The number of carbonyl (C=O) groups is 2. The normalized spacial score (nSPS) is 12.7. The summed E-state index contributed by atoms with van der Waals surface area (Å²) in [6.07, 6.45) is 86.3. The van der Waals surface area contributed by atoms with E-state index < -0.39 is 6.10 Å². The third kappa shape index (κ3) is 59.9. The molecule has 1 atom stereocenters. The smallest absolute Gasteiger partial charge is 0.306 e. The molecule has 0 fully saturated rings. The zero-order valence-corrected chi connectivity index (χ0v) is 47.9. The van der Waals surface area contributed by atoms with Crippen LogP contribution in [-0.2, 0) is 19.1 Å². The number of hydrogen-bond acceptors (Lipinski definition) is 5. The molecule has 418 valence electrons. The first-order valence-corrected chi connectivity index (χ1v) is 31.5. The second-order valence-electron chi connectivity index (χ2n) is 21.1. The molecule has 0 spiro atoms. The molecule has 0 rings (SSSR count). The van der Waals surface area contributed by atoms with Crippen LogP contribution < -0.4 is 0 Å². The molecule has 5 heteroatoms. The molecule has 0 radical (unpaired) electrons. The van der Waals surface area contributed by atoms with Gasteiger partial charge in [0.25, 0.3) is 0 Å². The van der Waals surface area contributed by atoms with Crippen LogP contribution in [-0.4, -0.2) is 36.4 Å². The van der Waals surface area contributed by atoms with Gasteiger partial charge in [-0.2, -0.15) is 0 Å². The summed E-state index contributed by atoms with van der Waals surface area (Å²) < 4.78 is 10.7. The van der Waals surface area contributed by atoms with Crippen LogP contribution in [0.15, 0.2) is 72.9 Å². The van der Waals surface area contributed by atoms with Gasteiger partial charge in [0.05, 0.1) is 6.61 Å². The Morgan fingerprint density at radius 3 is 0.917 bits per heavy atom. The summed E-state index contributed by atoms with van der Waals surface area (Å²) in [5.74, 6) is -0.593. The molecule has 0 heterocycles. The van der Waals surface area contributed by atoms with Crippen molar-refractivity contribution in [3.8, 4) is 0 Å². The quantitative estimate of drug-likeness (QED) is 0.0373. The maximum atomic E-state index is 12.3. The minimum atomic E-state index is -0.781. The number of aliphatic hydroxyl groups is 1. The van der Waals surface area contributed by atoms with Gasteiger partial charge in [0, 0.05) is 12.8 Å². The van der Waals surface area contributed by atoms with E-state index in [2.05, 4.69) is 86.8 Å². The zero-order chi connectivity index (χ0) is 52.0. The highest BCUT2D eigenvalue weighted by atomic mass is 16.6. The first kappa shape index (κ1) is 69.3. The van der Waals surface area contributed by atoms with E-state index >= 15 is 0 Å². The molecule has 0 bridgehead atoms. The van der Waals surface area contributed by atoms with Gasteiger partial charge in [-0.3, -0.25) is 9.59 Å². The van der Waals surface area contributed by atoms with E-state index in [1.807, 2.05) is 0 Å². The second kappa shape index (κ2) is 62.6. The van der Waals surface area contributed by atoms with Gasteiger partial charge < -0.3 is 14.6 Å². The van der Waals surface area contributed by atoms with Gasteiger partial charge in [-0.25, -0.2) is 0 Å². The van der Waals surface area contributed by atoms with Crippen LogP contribution in [0.3, 0.4) is 0 Å². The molecule has 5 nitrogen and oxygen atoms in total. The van der Waals surface area contributed by atoms with Crippen molar-refractivity contribution in [2.45, 2.75) is 328 Å². The molecule has 1 N–H and O–H groups in total. The maximum Gasteiger partial charge on any atom is 0.306 e. The van der Waals surface area contributed by atoms with E-state index in [0.717, 1.165) is 77.0 Å². The molecule has 1 unspecified atom stereocenters. The Morgan fingerprint density at radius 1 is 0.333 bits per heavy atom. The predicted molar refractivity (Wildman–Crippen MR) is 316 cm³/mol. The Morgan fingerprint density at radius 2 is 0.597 bits per heavy atom. The monoisotopic (exact) mass is 1000 g/mol. The van der Waals surface area contributed by atoms with Gasteiger partial charge in [0.2, 0.25) is 0 Å². The van der Waals surface area contributed by atoms with Crippen LogP contribution in [0.1, 0.15) is 322 Å². The Labute approximate surface area is 448 Å². The van der Waals surface area contributed by atoms with Crippen molar-refractivity contribution in [3.63, 3.8) is 0 Å². The minimum Gasteiger partial charge on any atom is -0.462 e. The van der Waals surface area contributed by atoms with Gasteiger partial charge >= 0.3 is 11.9 Å². The van der Waals surface area contributed by atoms with Crippen LogP contribution in [0, 0.1) is 0 Å². The van der Waals surface area contributed by atoms with Crippen molar-refractivity contribution in [3.05, 3.63) is 72.9 Å². The number of allylic oxidation sites excluding steroid dienone is 12. The highest BCUT2D eigenvalue weighted by Crippen LogP contribution is 2.17. The number of hydrogen-bond donors (Lipinski definition) is 1. The molecule has 72 heavy (non-hydrogen) atoms. The fraction of sp³-hybridized carbons (Fsp3) is 0.791. The largest absolute Gasteiger partial charge is 0.462 e. The molecule has 0 aromatic carbocycles. The lowest BCUT2D eigenvalue weighted by Gasteiger charge is -2.15. The van der Waals surface area contributed by atoms with Gasteiger partial charge in [-0.15, -0.1) is 0 Å². The summed E-state index contributed by atoms with van der Waals surface area (Å²) in [6, 6.07) is 0. The topological polar surface area (TPSA) is 72.8 Å². The Bertz CT molecular complexity index is 1270. The second-order valence-corrected chi connectivity index (χ2v) is 21.1. The van der Waals surface area contributed by atoms with Crippen LogP contribution >= 0.6 is 0 Å². The van der Waals surface area contributed by atoms with E-state index in [-0.39, 0.29) is 25.2 Å². The van der Waals surface area contributed by atoms with Crippen molar-refractivity contribution in [1.29, 1.82) is 0 Å². The molecule has 0 aliphatic heterocycles. The number of unbranched alkanes of at least 4 members (excludes halogenated alkanes) is 38. The van der Waals surface area contributed by atoms with Gasteiger partial charge in [0.15, 0.2) is 6.10 Å². The van der Waals surface area contributed by atoms with Crippen molar-refractivity contribution >= 4 is 11.9 Å². The van der Waals surface area contributed by atoms with E-state index in [0.29, 0.717) is 12.8 Å². The molecule has 0 amide bonds. The molecular formula is C67H120O5. The summed E-state index contributed by atoms with van der Waals surface area (Å²) in [4.78, 5) is 24.6. The molecule has 0 saturated carbocycles. The minimum absolute atomic E-state index is 0.0702. The van der Waals surface area contributed by atoms with Crippen LogP contribution in [0.25, 0.3) is 0 Å². The Kier molecular flexibility index (Phi) is 60.3. The molecule has 0 aliphatic carbocycles. The lowest BCUT2D eigenvalue weighted by atomic mass is 10.0. The Hall–Kier alpha value is -2.66. The summed E-state index contributed by atoms with van der Waals surface area (Å²) in [7, 11) is 0. The van der Waals surface area contributed by atoms with Crippen molar-refractivity contribution in [2.75, 3.05) is 13.2 Å². The molecule has 0 aliphatic rings. The fourth-order valence-electron chi connectivity index (χ4n) is 9.29. The first-order chi connectivity index (χ1) is 35.6. The average molecular weight is 1010 g/mol. The summed E-state index contributed by atoms with van der Waals surface area (Å²) in [6.45, 7) is 4.05. The van der Waals surface area contributed by atoms with Crippen LogP contribution in [0.2, 0.25) is 0 Å². The summed E-state index contributed by atoms with van der Waals surface area (Å²) >= 11 is 0. The van der Waals surface area contributed by atoms with Crippen LogP contribution in [0.4, 0.5) is 0 Å². The number of rotatable bonds is 58. The molecule has 0 aromatic heterocycles. The zero-order valence-electron chi connectivity index (χ0n) is 47.9. The number of carbonyl (C=O) groups excluding carboxylic acids is 2. The van der Waals surface area contributed by atoms with Crippen molar-refractivity contribution in [2.24, 2.45) is 0 Å². The van der Waals surface area contributed by atoms with Gasteiger partial charge in [0.1, 0.15) is 6.61 Å². The maximum absolute atomic E-state index is 12.3. The highest BCUT2D eigenvalue weighted by molar-refractivity contribution is 5.70. The Balaban J connectivity index is 3.43. The third-order valence-electron chi connectivity index (χ3n) is 14.0. The standard InChI is InChI=1S/C67H120O5/c1-3-5-7-9-11-13-15-17-19-21-23-25-27-28-29-30-31-32-33-34-35-36-37-38-40-41-43-45-47-49-51-53-55-57-59-61-66(69)71-64-65(63-68)72-67(70)62-60-58-56-54-52-50-48-46-44-42-39-26-24-22-20-18-16-14-12-10-8-6-4-2/h6,8,12,14,18,20-21,23-24,26,42,44,65,68H,3-5,7,9-11,13,15-17,19,22,25,27-41,43,45-64H2,1-2H3/b8-6-,14-12-,20-18-,23-21-,26-24-,44-42-. The van der Waals surface area contributed by atoms with E-state index in [4.69, 9.17) is 9.47 Å². The molecule has 0 saturated heterocycles. The van der Waals surface area contributed by atoms with E-state index in [9.17, 15) is 14.7 Å². The van der Waals surface area contributed by atoms with Crippen molar-refractivity contribution in [1.82, 2.24) is 0 Å². The lowest BCUT2D eigenvalue weighted by molar-refractivity contribution is -0.161. The summed E-state index contributed by atoms with van der Waals surface area (Å²) in [5, 5.41) is 9.67. The number of aliphatic hydroxyl groups excluding tert-OH is 1. The SMILES string of the molecule is CC/C=C\C/C=C\C/C=C\C/C=C\C/C=C\CCCCCCCCCC(=O)OC(CO)COC(=O)CCCCCCCCCCCCCCCCCCCCCCCCC/C=C\CCCCCCCCCC. The van der Waals surface area contributed by atoms with Crippen molar-refractivity contribution < 1.29 is 24.2 Å². The first-order valence-electron chi connectivity index (χ1n) is 31.5. The molecular weight excluding hydrogens is 885 g/mol. The predicted octanol–water partition coefficient (Wildman–Crippen LogP) is 21.5. The van der Waals surface area contributed by atoms with Gasteiger partial charge in [-0.05, 0) is 83.5 Å². The molecule has 0 aromatic rings. The summed E-state index contributed by atoms with van der Waals surface area (Å²) in [5.41, 5.74) is 0. The highest BCUT2D eigenvalue weighted by Gasteiger charge is 2.16. The van der Waals surface area contributed by atoms with Crippen LogP contribution in [0.5, 0.6) is 0 Å². The van der Waals surface area contributed by atoms with Gasteiger partial charge in [-0.1, -0.05) is 299 Å². The average Bonchev–Trinajstić information content (AvgIpc) is 3.38. The van der Waals surface area contributed by atoms with E-state index in [1.54, 1.807) is 0 Å². The number of esters is 2. The fourth-order valence-corrected chi connectivity index (χ4v) is 9.29. The van der Waals surface area contributed by atoms with E-state index in [1.165, 1.54) is 218 Å². The lowest BCUT2D eigenvalue weighted by Crippen LogP contribution is -2.28. The number of ether oxygens (including phenoxy) is 2.